The second-order valence-corrected chi connectivity index (χ2v) is 6.22. The van der Waals surface area contributed by atoms with Crippen LogP contribution in [-0.4, -0.2) is 47.0 Å². The van der Waals surface area contributed by atoms with Gasteiger partial charge in [-0.1, -0.05) is 24.2 Å². The van der Waals surface area contributed by atoms with E-state index in [4.69, 9.17) is 10.4 Å². The van der Waals surface area contributed by atoms with Crippen molar-refractivity contribution in [2.75, 3.05) is 19.6 Å². The normalized spacial score (nSPS) is 19.6. The lowest BCUT2D eigenvalue weighted by molar-refractivity contribution is 0.300. The van der Waals surface area contributed by atoms with Crippen LogP contribution in [0.3, 0.4) is 0 Å². The molecule has 0 atom stereocenters. The zero-order valence-electron chi connectivity index (χ0n) is 12.3. The molecule has 0 radical (unpaired) electrons. The molecule has 0 heterocycles. The van der Waals surface area contributed by atoms with Gasteiger partial charge in [0.05, 0.1) is 17.0 Å². The SMILES string of the molecule is C/C(CNCC(C)(C)CNC1(/C(C)=N/O)CC1)=N\O. The first-order valence-electron chi connectivity index (χ1n) is 6.68. The van der Waals surface area contributed by atoms with Crippen LogP contribution >= 0.6 is 0 Å². The van der Waals surface area contributed by atoms with Crippen molar-refractivity contribution in [3.8, 4) is 0 Å². The molecule has 19 heavy (non-hydrogen) atoms. The second kappa shape index (κ2) is 6.34. The van der Waals surface area contributed by atoms with Crippen molar-refractivity contribution in [1.29, 1.82) is 0 Å². The topological polar surface area (TPSA) is 89.2 Å². The summed E-state index contributed by atoms with van der Waals surface area (Å²) in [6.07, 6.45) is 2.06. The molecule has 0 spiro atoms. The van der Waals surface area contributed by atoms with E-state index in [1.165, 1.54) is 0 Å². The van der Waals surface area contributed by atoms with E-state index in [-0.39, 0.29) is 11.0 Å². The predicted molar refractivity (Wildman–Crippen MR) is 76.4 cm³/mol. The fourth-order valence-corrected chi connectivity index (χ4v) is 1.98. The number of nitrogens with zero attached hydrogens (tertiary/aromatic N) is 2. The monoisotopic (exact) mass is 270 g/mol. The maximum absolute atomic E-state index is 8.87. The zero-order chi connectivity index (χ0) is 14.5. The van der Waals surface area contributed by atoms with Crippen LogP contribution in [0.1, 0.15) is 40.5 Å². The van der Waals surface area contributed by atoms with Crippen LogP contribution in [0.5, 0.6) is 0 Å². The second-order valence-electron chi connectivity index (χ2n) is 6.22. The summed E-state index contributed by atoms with van der Waals surface area (Å²) in [6, 6.07) is 0. The van der Waals surface area contributed by atoms with Gasteiger partial charge in [-0.25, -0.2) is 0 Å². The summed E-state index contributed by atoms with van der Waals surface area (Å²) >= 11 is 0. The van der Waals surface area contributed by atoms with Gasteiger partial charge in [-0.3, -0.25) is 0 Å². The van der Waals surface area contributed by atoms with Crippen LogP contribution in [-0.2, 0) is 0 Å². The fourth-order valence-electron chi connectivity index (χ4n) is 1.98. The molecule has 4 N–H and O–H groups in total. The molecule has 0 unspecified atom stereocenters. The molecule has 6 heteroatoms. The van der Waals surface area contributed by atoms with E-state index in [1.54, 1.807) is 6.92 Å². The maximum atomic E-state index is 8.87. The molecule has 0 aromatic rings. The summed E-state index contributed by atoms with van der Waals surface area (Å²) in [4.78, 5) is 0. The van der Waals surface area contributed by atoms with Gasteiger partial charge in [0.1, 0.15) is 0 Å². The zero-order valence-corrected chi connectivity index (χ0v) is 12.3. The van der Waals surface area contributed by atoms with E-state index in [0.29, 0.717) is 12.3 Å². The molecule has 1 aliphatic rings. The summed E-state index contributed by atoms with van der Waals surface area (Å²) in [5.41, 5.74) is 1.42. The molecule has 0 aliphatic heterocycles. The van der Waals surface area contributed by atoms with E-state index >= 15 is 0 Å². The minimum Gasteiger partial charge on any atom is -0.411 e. The third kappa shape index (κ3) is 4.80. The van der Waals surface area contributed by atoms with Crippen molar-refractivity contribution >= 4 is 11.4 Å². The quantitative estimate of drug-likeness (QED) is 0.305. The minimum absolute atomic E-state index is 0.0705. The summed E-state index contributed by atoms with van der Waals surface area (Å²) < 4.78 is 0. The lowest BCUT2D eigenvalue weighted by Crippen LogP contribution is -2.46. The Bertz CT molecular complexity index is 360. The van der Waals surface area contributed by atoms with Crippen molar-refractivity contribution in [3.05, 3.63) is 0 Å². The smallest absolute Gasteiger partial charge is 0.0740 e. The lowest BCUT2D eigenvalue weighted by Gasteiger charge is -2.28. The summed E-state index contributed by atoms with van der Waals surface area (Å²) in [7, 11) is 0. The highest BCUT2D eigenvalue weighted by molar-refractivity contribution is 5.93. The van der Waals surface area contributed by atoms with Crippen molar-refractivity contribution in [1.82, 2.24) is 10.6 Å². The molecular formula is C13H26N4O2. The fraction of sp³-hybridized carbons (Fsp3) is 0.846. The average Bonchev–Trinajstić information content (AvgIpc) is 3.16. The van der Waals surface area contributed by atoms with Gasteiger partial charge < -0.3 is 21.0 Å². The molecule has 0 aromatic carbocycles. The first-order valence-corrected chi connectivity index (χ1v) is 6.68. The van der Waals surface area contributed by atoms with Crippen LogP contribution in [0, 0.1) is 5.41 Å². The Morgan fingerprint density at radius 3 is 2.26 bits per heavy atom. The van der Waals surface area contributed by atoms with Crippen molar-refractivity contribution < 1.29 is 10.4 Å². The van der Waals surface area contributed by atoms with E-state index in [9.17, 15) is 0 Å². The average molecular weight is 270 g/mol. The molecule has 110 valence electrons. The standard InChI is InChI=1S/C13H26N4O2/c1-10(16-18)7-14-8-12(3,4)9-15-13(5-6-13)11(2)17-19/h14-15,18-19H,5-9H2,1-4H3/b16-10+,17-11+. The number of rotatable bonds is 8. The van der Waals surface area contributed by atoms with Crippen molar-refractivity contribution in [3.63, 3.8) is 0 Å². The molecule has 0 bridgehead atoms. The van der Waals surface area contributed by atoms with Gasteiger partial charge in [0, 0.05) is 19.6 Å². The third-order valence-corrected chi connectivity index (χ3v) is 3.65. The highest BCUT2D eigenvalue weighted by Gasteiger charge is 2.46. The Morgan fingerprint density at radius 1 is 1.16 bits per heavy atom. The Kier molecular flexibility index (Phi) is 5.31. The molecule has 0 amide bonds. The van der Waals surface area contributed by atoms with Gasteiger partial charge in [-0.05, 0) is 32.1 Å². The molecule has 1 rings (SSSR count). The lowest BCUT2D eigenvalue weighted by atomic mass is 9.92. The molecule has 6 nitrogen and oxygen atoms in total. The maximum Gasteiger partial charge on any atom is 0.0740 e. The Morgan fingerprint density at radius 2 is 1.79 bits per heavy atom. The van der Waals surface area contributed by atoms with Crippen LogP contribution < -0.4 is 10.6 Å². The molecule has 0 saturated heterocycles. The Labute approximate surface area is 114 Å². The molecular weight excluding hydrogens is 244 g/mol. The molecule has 1 aliphatic carbocycles. The van der Waals surface area contributed by atoms with E-state index < -0.39 is 0 Å². The number of oxime groups is 2. The summed E-state index contributed by atoms with van der Waals surface area (Å²) in [5, 5.41) is 30.7. The van der Waals surface area contributed by atoms with E-state index in [0.717, 1.165) is 31.6 Å². The number of hydrogen-bond acceptors (Lipinski definition) is 6. The first-order chi connectivity index (χ1) is 8.85. The largest absolute Gasteiger partial charge is 0.411 e. The van der Waals surface area contributed by atoms with Crippen LogP contribution in [0.25, 0.3) is 0 Å². The molecule has 0 aromatic heterocycles. The Balaban J connectivity index is 2.35. The van der Waals surface area contributed by atoms with Gasteiger partial charge in [0.15, 0.2) is 0 Å². The van der Waals surface area contributed by atoms with Crippen molar-refractivity contribution in [2.45, 2.75) is 46.1 Å². The number of hydrogen-bond donors (Lipinski definition) is 4. The summed E-state index contributed by atoms with van der Waals surface area (Å²) in [6.45, 7) is 10.2. The van der Waals surface area contributed by atoms with Gasteiger partial charge in [-0.15, -0.1) is 0 Å². The van der Waals surface area contributed by atoms with Gasteiger partial charge in [0.2, 0.25) is 0 Å². The van der Waals surface area contributed by atoms with Gasteiger partial charge in [0.25, 0.3) is 0 Å². The van der Waals surface area contributed by atoms with Crippen LogP contribution in [0.4, 0.5) is 0 Å². The van der Waals surface area contributed by atoms with Crippen LogP contribution in [0.2, 0.25) is 0 Å². The van der Waals surface area contributed by atoms with E-state index in [2.05, 4.69) is 34.8 Å². The van der Waals surface area contributed by atoms with Crippen LogP contribution in [0.15, 0.2) is 10.3 Å². The first kappa shape index (κ1) is 15.9. The molecule has 1 fully saturated rings. The number of nitrogens with one attached hydrogen (secondary N) is 2. The molecule has 1 saturated carbocycles. The van der Waals surface area contributed by atoms with Crippen molar-refractivity contribution in [2.24, 2.45) is 15.7 Å². The highest BCUT2D eigenvalue weighted by Crippen LogP contribution is 2.37. The minimum atomic E-state index is -0.0888. The van der Waals surface area contributed by atoms with E-state index in [1.807, 2.05) is 6.92 Å². The summed E-state index contributed by atoms with van der Waals surface area (Å²) in [5.74, 6) is 0. The Hall–Kier alpha value is -1.14. The van der Waals surface area contributed by atoms with Gasteiger partial charge in [-0.2, -0.15) is 0 Å². The third-order valence-electron chi connectivity index (χ3n) is 3.65. The highest BCUT2D eigenvalue weighted by atomic mass is 16.4. The predicted octanol–water partition coefficient (Wildman–Crippen LogP) is 1.42. The van der Waals surface area contributed by atoms with Gasteiger partial charge >= 0.3 is 0 Å².